The molecule has 0 aliphatic rings. The number of phenolic OH excluding ortho intramolecular Hbond substituents is 1. The van der Waals surface area contributed by atoms with Gasteiger partial charge in [0, 0.05) is 23.7 Å². The highest BCUT2D eigenvalue weighted by Gasteiger charge is 2.05. The standard InChI is InChI=1S/C11H15N3O/c1-7(2)13-14-4-3-8-5-9(12)11(15)6-10(8)14/h3-7,13,15H,12H2,1-2H3. The number of benzene rings is 1. The zero-order valence-electron chi connectivity index (χ0n) is 8.86. The highest BCUT2D eigenvalue weighted by atomic mass is 16.3. The highest BCUT2D eigenvalue weighted by molar-refractivity contribution is 5.86. The lowest BCUT2D eigenvalue weighted by atomic mass is 10.2. The second-order valence-corrected chi connectivity index (χ2v) is 3.94. The average molecular weight is 205 g/mol. The fourth-order valence-corrected chi connectivity index (χ4v) is 1.58. The molecule has 0 unspecified atom stereocenters. The largest absolute Gasteiger partial charge is 0.506 e. The van der Waals surface area contributed by atoms with Gasteiger partial charge in [0.2, 0.25) is 0 Å². The predicted octanol–water partition coefficient (Wildman–Crippen LogP) is 1.88. The van der Waals surface area contributed by atoms with E-state index in [9.17, 15) is 5.11 Å². The second-order valence-electron chi connectivity index (χ2n) is 3.94. The Balaban J connectivity index is 2.54. The molecule has 0 saturated carbocycles. The summed E-state index contributed by atoms with van der Waals surface area (Å²) in [6.07, 6.45) is 1.92. The van der Waals surface area contributed by atoms with Crippen molar-refractivity contribution in [1.82, 2.24) is 4.68 Å². The molecule has 0 aliphatic carbocycles. The fourth-order valence-electron chi connectivity index (χ4n) is 1.58. The lowest BCUT2D eigenvalue weighted by Crippen LogP contribution is -2.20. The number of fused-ring (bicyclic) bond motifs is 1. The summed E-state index contributed by atoms with van der Waals surface area (Å²) >= 11 is 0. The van der Waals surface area contributed by atoms with Crippen LogP contribution in [0.5, 0.6) is 5.75 Å². The quantitative estimate of drug-likeness (QED) is 0.518. The number of hydrogen-bond acceptors (Lipinski definition) is 3. The molecule has 4 nitrogen and oxygen atoms in total. The Labute approximate surface area is 88.3 Å². The minimum atomic E-state index is 0.119. The summed E-state index contributed by atoms with van der Waals surface area (Å²) in [5.74, 6) is 0.119. The molecule has 4 N–H and O–H groups in total. The first-order chi connectivity index (χ1) is 7.08. The van der Waals surface area contributed by atoms with Crippen LogP contribution in [-0.4, -0.2) is 15.8 Å². The van der Waals surface area contributed by atoms with Crippen molar-refractivity contribution in [2.45, 2.75) is 19.9 Å². The molecule has 2 aromatic rings. The van der Waals surface area contributed by atoms with Crippen LogP contribution in [0, 0.1) is 0 Å². The third-order valence-electron chi connectivity index (χ3n) is 2.24. The number of aromatic hydroxyl groups is 1. The molecule has 0 bridgehead atoms. The average Bonchev–Trinajstić information content (AvgIpc) is 2.49. The van der Waals surface area contributed by atoms with E-state index in [0.717, 1.165) is 10.9 Å². The van der Waals surface area contributed by atoms with E-state index in [0.29, 0.717) is 11.7 Å². The molecule has 0 radical (unpaired) electrons. The molecule has 0 amide bonds. The molecule has 2 rings (SSSR count). The normalized spacial score (nSPS) is 11.1. The Morgan fingerprint density at radius 1 is 1.40 bits per heavy atom. The molecular formula is C11H15N3O. The summed E-state index contributed by atoms with van der Waals surface area (Å²) in [5, 5.41) is 10.5. The SMILES string of the molecule is CC(C)Nn1ccc2cc(N)c(O)cc21. The molecule has 0 atom stereocenters. The van der Waals surface area contributed by atoms with E-state index in [2.05, 4.69) is 19.3 Å². The lowest BCUT2D eigenvalue weighted by Gasteiger charge is -2.12. The van der Waals surface area contributed by atoms with Crippen LogP contribution < -0.4 is 11.2 Å². The van der Waals surface area contributed by atoms with E-state index >= 15 is 0 Å². The van der Waals surface area contributed by atoms with Crippen LogP contribution in [0.1, 0.15) is 13.8 Å². The zero-order chi connectivity index (χ0) is 11.0. The minimum absolute atomic E-state index is 0.119. The van der Waals surface area contributed by atoms with Crippen LogP contribution in [0.15, 0.2) is 24.4 Å². The van der Waals surface area contributed by atoms with Gasteiger partial charge in [0.25, 0.3) is 0 Å². The van der Waals surface area contributed by atoms with Crippen molar-refractivity contribution < 1.29 is 5.11 Å². The number of nitrogen functional groups attached to an aromatic ring is 1. The monoisotopic (exact) mass is 205 g/mol. The van der Waals surface area contributed by atoms with Gasteiger partial charge >= 0.3 is 0 Å². The number of nitrogens with two attached hydrogens (primary N) is 1. The van der Waals surface area contributed by atoms with Crippen molar-refractivity contribution in [2.24, 2.45) is 0 Å². The highest BCUT2D eigenvalue weighted by Crippen LogP contribution is 2.27. The number of phenols is 1. The van der Waals surface area contributed by atoms with Crippen LogP contribution in [-0.2, 0) is 0 Å². The van der Waals surface area contributed by atoms with Crippen LogP contribution >= 0.6 is 0 Å². The van der Waals surface area contributed by atoms with Crippen molar-refractivity contribution in [2.75, 3.05) is 11.2 Å². The summed E-state index contributed by atoms with van der Waals surface area (Å²) in [6.45, 7) is 4.12. The zero-order valence-corrected chi connectivity index (χ0v) is 8.86. The van der Waals surface area contributed by atoms with Gasteiger partial charge in [-0.2, -0.15) is 0 Å². The molecule has 1 aromatic heterocycles. The fraction of sp³-hybridized carbons (Fsp3) is 0.273. The second kappa shape index (κ2) is 3.38. The van der Waals surface area contributed by atoms with Crippen molar-refractivity contribution in [1.29, 1.82) is 0 Å². The van der Waals surface area contributed by atoms with Gasteiger partial charge in [-0.25, -0.2) is 0 Å². The number of nitrogens with zero attached hydrogens (tertiary/aromatic N) is 1. The van der Waals surface area contributed by atoms with E-state index in [1.54, 1.807) is 12.1 Å². The third kappa shape index (κ3) is 1.70. The summed E-state index contributed by atoms with van der Waals surface area (Å²) < 4.78 is 1.89. The first-order valence-electron chi connectivity index (χ1n) is 4.94. The Morgan fingerprint density at radius 2 is 2.13 bits per heavy atom. The Kier molecular flexibility index (Phi) is 2.19. The van der Waals surface area contributed by atoms with E-state index < -0.39 is 0 Å². The Hall–Kier alpha value is -1.84. The first-order valence-corrected chi connectivity index (χ1v) is 4.94. The van der Waals surface area contributed by atoms with Crippen LogP contribution in [0.3, 0.4) is 0 Å². The van der Waals surface area contributed by atoms with Crippen molar-refractivity contribution >= 4 is 16.6 Å². The van der Waals surface area contributed by atoms with Gasteiger partial charge in [-0.1, -0.05) is 0 Å². The molecule has 0 saturated heterocycles. The Bertz CT molecular complexity index is 488. The summed E-state index contributed by atoms with van der Waals surface area (Å²) in [4.78, 5) is 0. The maximum absolute atomic E-state index is 9.53. The molecule has 0 spiro atoms. The van der Waals surface area contributed by atoms with E-state index in [-0.39, 0.29) is 5.75 Å². The van der Waals surface area contributed by atoms with Crippen LogP contribution in [0.4, 0.5) is 5.69 Å². The van der Waals surface area contributed by atoms with E-state index in [1.807, 2.05) is 16.9 Å². The number of hydrogen-bond donors (Lipinski definition) is 3. The topological polar surface area (TPSA) is 63.2 Å². The number of anilines is 1. The number of rotatable bonds is 2. The molecule has 0 aliphatic heterocycles. The van der Waals surface area contributed by atoms with E-state index in [4.69, 9.17) is 5.73 Å². The summed E-state index contributed by atoms with van der Waals surface area (Å²) in [5.41, 5.74) is 10.2. The maximum atomic E-state index is 9.53. The van der Waals surface area contributed by atoms with Gasteiger partial charge in [0.15, 0.2) is 0 Å². The number of nitrogens with one attached hydrogen (secondary N) is 1. The first kappa shape index (κ1) is 9.71. The van der Waals surface area contributed by atoms with Gasteiger partial charge in [0.05, 0.1) is 11.2 Å². The molecular weight excluding hydrogens is 190 g/mol. The van der Waals surface area contributed by atoms with Crippen molar-refractivity contribution in [3.05, 3.63) is 24.4 Å². The summed E-state index contributed by atoms with van der Waals surface area (Å²) in [7, 11) is 0. The van der Waals surface area contributed by atoms with Gasteiger partial charge in [-0.15, -0.1) is 0 Å². The third-order valence-corrected chi connectivity index (χ3v) is 2.24. The number of aromatic nitrogens is 1. The smallest absolute Gasteiger partial charge is 0.140 e. The van der Waals surface area contributed by atoms with Gasteiger partial charge < -0.3 is 16.3 Å². The minimum Gasteiger partial charge on any atom is -0.506 e. The molecule has 4 heteroatoms. The molecule has 0 fully saturated rings. The molecule has 1 heterocycles. The molecule has 1 aromatic carbocycles. The van der Waals surface area contributed by atoms with Crippen LogP contribution in [0.25, 0.3) is 10.9 Å². The molecule has 15 heavy (non-hydrogen) atoms. The van der Waals surface area contributed by atoms with Crippen molar-refractivity contribution in [3.8, 4) is 5.75 Å². The van der Waals surface area contributed by atoms with Gasteiger partial charge in [-0.3, -0.25) is 4.68 Å². The summed E-state index contributed by atoms with van der Waals surface area (Å²) in [6, 6.07) is 5.73. The van der Waals surface area contributed by atoms with Gasteiger partial charge in [0.1, 0.15) is 5.75 Å². The van der Waals surface area contributed by atoms with Crippen molar-refractivity contribution in [3.63, 3.8) is 0 Å². The lowest BCUT2D eigenvalue weighted by molar-refractivity contribution is 0.478. The molecule has 80 valence electrons. The van der Waals surface area contributed by atoms with E-state index in [1.165, 1.54) is 0 Å². The van der Waals surface area contributed by atoms with Gasteiger partial charge in [-0.05, 0) is 26.0 Å². The maximum Gasteiger partial charge on any atom is 0.140 e. The Morgan fingerprint density at radius 3 is 2.80 bits per heavy atom. The predicted molar refractivity (Wildman–Crippen MR) is 62.5 cm³/mol. The van der Waals surface area contributed by atoms with Crippen LogP contribution in [0.2, 0.25) is 0 Å².